The fourth-order valence-electron chi connectivity index (χ4n) is 2.42. The normalized spacial score (nSPS) is 38.7. The number of Topliss-reactive ketones (excluding diaryl/α,β-unsaturated/α-hetero) is 1. The van der Waals surface area contributed by atoms with Gasteiger partial charge in [-0.3, -0.25) is 4.79 Å². The molecule has 66 valence electrons. The van der Waals surface area contributed by atoms with Gasteiger partial charge in [0, 0.05) is 6.42 Å². The van der Waals surface area contributed by atoms with E-state index in [9.17, 15) is 9.59 Å². The lowest BCUT2D eigenvalue weighted by Gasteiger charge is -2.24. The monoisotopic (exact) mass is 169 g/mol. The van der Waals surface area contributed by atoms with E-state index in [4.69, 9.17) is 5.11 Å². The first-order chi connectivity index (χ1) is 5.62. The number of hydrogen-bond acceptors (Lipinski definition) is 2. The molecule has 4 nitrogen and oxygen atoms in total. The van der Waals surface area contributed by atoms with Gasteiger partial charge in [0.1, 0.15) is 5.54 Å². The van der Waals surface area contributed by atoms with E-state index in [1.807, 2.05) is 0 Å². The zero-order valence-electron chi connectivity index (χ0n) is 6.67. The van der Waals surface area contributed by atoms with Gasteiger partial charge in [-0.05, 0) is 25.2 Å². The Morgan fingerprint density at radius 1 is 1.67 bits per heavy atom. The lowest BCUT2D eigenvalue weighted by atomic mass is 9.92. The molecule has 2 atom stereocenters. The molecule has 2 saturated carbocycles. The predicted octanol–water partition coefficient (Wildman–Crippen LogP) is 0.766. The van der Waals surface area contributed by atoms with E-state index < -0.39 is 11.6 Å². The highest BCUT2D eigenvalue weighted by molar-refractivity contribution is 5.94. The Bertz CT molecular complexity index is 251. The molecule has 2 fully saturated rings. The van der Waals surface area contributed by atoms with Gasteiger partial charge in [0.2, 0.25) is 0 Å². The molecule has 2 rings (SSSR count). The van der Waals surface area contributed by atoms with Crippen LogP contribution in [0.5, 0.6) is 0 Å². The minimum absolute atomic E-state index is 0.0844. The van der Waals surface area contributed by atoms with Crippen LogP contribution in [0, 0.1) is 5.92 Å². The Hall–Kier alpha value is -1.06. The van der Waals surface area contributed by atoms with Crippen molar-refractivity contribution < 1.29 is 14.7 Å². The van der Waals surface area contributed by atoms with Crippen LogP contribution in [-0.2, 0) is 4.79 Å². The first kappa shape index (κ1) is 7.58. The van der Waals surface area contributed by atoms with Crippen LogP contribution < -0.4 is 5.32 Å². The lowest BCUT2D eigenvalue weighted by Crippen LogP contribution is -2.50. The highest BCUT2D eigenvalue weighted by Crippen LogP contribution is 2.45. The molecular weight excluding hydrogens is 158 g/mol. The Morgan fingerprint density at radius 2 is 2.42 bits per heavy atom. The number of hydrogen-bond donors (Lipinski definition) is 2. The van der Waals surface area contributed by atoms with Gasteiger partial charge in [-0.25, -0.2) is 4.79 Å². The SMILES string of the molecule is O=C(O)N[C@@]12CC[C@H](CC1=O)C2. The van der Waals surface area contributed by atoms with Crippen LogP contribution >= 0.6 is 0 Å². The number of nitrogens with one attached hydrogen (secondary N) is 1. The summed E-state index contributed by atoms with van der Waals surface area (Å²) in [5.74, 6) is 0.519. The molecule has 0 radical (unpaired) electrons. The Labute approximate surface area is 69.9 Å². The molecular formula is C8H11NO3. The van der Waals surface area contributed by atoms with E-state index in [1.165, 1.54) is 0 Å². The van der Waals surface area contributed by atoms with E-state index in [2.05, 4.69) is 5.32 Å². The van der Waals surface area contributed by atoms with Crippen LogP contribution in [0.25, 0.3) is 0 Å². The highest BCUT2D eigenvalue weighted by atomic mass is 16.4. The van der Waals surface area contributed by atoms with Crippen LogP contribution in [0.3, 0.4) is 0 Å². The topological polar surface area (TPSA) is 66.4 Å². The van der Waals surface area contributed by atoms with Crippen LogP contribution in [-0.4, -0.2) is 22.5 Å². The van der Waals surface area contributed by atoms with Gasteiger partial charge in [-0.15, -0.1) is 0 Å². The molecule has 4 heteroatoms. The van der Waals surface area contributed by atoms with Gasteiger partial charge in [-0.2, -0.15) is 0 Å². The minimum Gasteiger partial charge on any atom is -0.465 e. The number of amides is 1. The first-order valence-corrected chi connectivity index (χ1v) is 4.17. The van der Waals surface area contributed by atoms with Crippen molar-refractivity contribution in [1.82, 2.24) is 5.32 Å². The number of ketones is 1. The maximum Gasteiger partial charge on any atom is 0.405 e. The number of fused-ring (bicyclic) bond motifs is 2. The number of rotatable bonds is 1. The molecule has 0 spiro atoms. The summed E-state index contributed by atoms with van der Waals surface area (Å²) in [6.45, 7) is 0. The number of carbonyl (C=O) groups excluding carboxylic acids is 1. The average Bonchev–Trinajstić information content (AvgIpc) is 2.42. The molecule has 1 amide bonds. The van der Waals surface area contributed by atoms with E-state index in [0.29, 0.717) is 18.8 Å². The summed E-state index contributed by atoms with van der Waals surface area (Å²) in [4.78, 5) is 21.8. The van der Waals surface area contributed by atoms with Crippen molar-refractivity contribution in [3.8, 4) is 0 Å². The summed E-state index contributed by atoms with van der Waals surface area (Å²) in [5, 5.41) is 10.9. The maximum atomic E-state index is 11.4. The summed E-state index contributed by atoms with van der Waals surface area (Å²) < 4.78 is 0. The Kier molecular flexibility index (Phi) is 1.40. The number of carboxylic acid groups (broad SMARTS) is 1. The van der Waals surface area contributed by atoms with E-state index in [-0.39, 0.29) is 5.78 Å². The molecule has 0 aromatic carbocycles. The van der Waals surface area contributed by atoms with Crippen molar-refractivity contribution in [2.45, 2.75) is 31.2 Å². The van der Waals surface area contributed by atoms with E-state index in [0.717, 1.165) is 12.8 Å². The molecule has 12 heavy (non-hydrogen) atoms. The molecule has 0 heterocycles. The van der Waals surface area contributed by atoms with Crippen LogP contribution in [0.2, 0.25) is 0 Å². The summed E-state index contributed by atoms with van der Waals surface area (Å²) in [7, 11) is 0. The second-order valence-corrected chi connectivity index (χ2v) is 3.75. The van der Waals surface area contributed by atoms with Crippen molar-refractivity contribution in [3.05, 3.63) is 0 Å². The Balaban J connectivity index is 2.18. The standard InChI is InChI=1S/C8H11NO3/c10-6-3-5-1-2-8(6,4-5)9-7(11)12/h5,9H,1-4H2,(H,11,12)/t5-,8-/m1/s1. The molecule has 0 aromatic heterocycles. The summed E-state index contributed by atoms with van der Waals surface area (Å²) in [5.41, 5.74) is -0.698. The van der Waals surface area contributed by atoms with Crippen LogP contribution in [0.4, 0.5) is 4.79 Å². The number of carbonyl (C=O) groups is 2. The van der Waals surface area contributed by atoms with Gasteiger partial charge in [0.15, 0.2) is 5.78 Å². The zero-order valence-corrected chi connectivity index (χ0v) is 6.67. The minimum atomic E-state index is -1.08. The first-order valence-electron chi connectivity index (χ1n) is 4.17. The molecule has 0 unspecified atom stereocenters. The van der Waals surface area contributed by atoms with Crippen LogP contribution in [0.1, 0.15) is 25.7 Å². The third-order valence-corrected chi connectivity index (χ3v) is 2.97. The largest absolute Gasteiger partial charge is 0.465 e. The van der Waals surface area contributed by atoms with Crippen molar-refractivity contribution in [2.24, 2.45) is 5.92 Å². The fraction of sp³-hybridized carbons (Fsp3) is 0.750. The smallest absolute Gasteiger partial charge is 0.405 e. The molecule has 0 aliphatic heterocycles. The molecule has 2 bridgehead atoms. The zero-order chi connectivity index (χ0) is 8.77. The van der Waals surface area contributed by atoms with Crippen molar-refractivity contribution in [3.63, 3.8) is 0 Å². The third-order valence-electron chi connectivity index (χ3n) is 2.97. The van der Waals surface area contributed by atoms with Crippen molar-refractivity contribution in [1.29, 1.82) is 0 Å². The summed E-state index contributed by atoms with van der Waals surface area (Å²) >= 11 is 0. The van der Waals surface area contributed by atoms with E-state index >= 15 is 0 Å². The second-order valence-electron chi connectivity index (χ2n) is 3.75. The average molecular weight is 169 g/mol. The molecule has 0 aromatic rings. The van der Waals surface area contributed by atoms with Gasteiger partial charge < -0.3 is 10.4 Å². The quantitative estimate of drug-likeness (QED) is 0.609. The summed E-state index contributed by atoms with van der Waals surface area (Å²) in [6.07, 6.45) is 1.90. The Morgan fingerprint density at radius 3 is 2.83 bits per heavy atom. The van der Waals surface area contributed by atoms with Gasteiger partial charge in [0.05, 0.1) is 0 Å². The van der Waals surface area contributed by atoms with Gasteiger partial charge in [0.25, 0.3) is 0 Å². The third kappa shape index (κ3) is 0.906. The van der Waals surface area contributed by atoms with Crippen LogP contribution in [0.15, 0.2) is 0 Å². The molecule has 2 N–H and O–H groups in total. The summed E-state index contributed by atoms with van der Waals surface area (Å²) in [6, 6.07) is 0. The fourth-order valence-corrected chi connectivity index (χ4v) is 2.42. The van der Waals surface area contributed by atoms with Gasteiger partial charge >= 0.3 is 6.09 Å². The highest BCUT2D eigenvalue weighted by Gasteiger charge is 2.52. The lowest BCUT2D eigenvalue weighted by molar-refractivity contribution is -0.123. The van der Waals surface area contributed by atoms with Gasteiger partial charge in [-0.1, -0.05) is 0 Å². The molecule has 2 aliphatic rings. The van der Waals surface area contributed by atoms with E-state index in [1.54, 1.807) is 0 Å². The predicted molar refractivity (Wildman–Crippen MR) is 40.9 cm³/mol. The maximum absolute atomic E-state index is 11.4. The molecule has 2 aliphatic carbocycles. The van der Waals surface area contributed by atoms with Crippen molar-refractivity contribution >= 4 is 11.9 Å². The second kappa shape index (κ2) is 2.21. The molecule has 0 saturated heterocycles. The van der Waals surface area contributed by atoms with Crippen molar-refractivity contribution in [2.75, 3.05) is 0 Å².